The predicted molar refractivity (Wildman–Crippen MR) is 143 cm³/mol. The molecule has 0 bridgehead atoms. The molecule has 0 N–H and O–H groups in total. The van der Waals surface area contributed by atoms with Gasteiger partial charge in [0.05, 0.1) is 32.8 Å². The number of hydrogen-bond donors (Lipinski definition) is 0. The lowest BCUT2D eigenvalue weighted by atomic mass is 10.0. The van der Waals surface area contributed by atoms with Crippen molar-refractivity contribution in [3.63, 3.8) is 0 Å². The van der Waals surface area contributed by atoms with Crippen molar-refractivity contribution in [3.8, 4) is 11.5 Å². The minimum Gasteiger partial charge on any atom is -0.464 e. The van der Waals surface area contributed by atoms with E-state index in [2.05, 4.69) is 0 Å². The van der Waals surface area contributed by atoms with Crippen molar-refractivity contribution in [2.45, 2.75) is 12.5 Å². The smallest absolute Gasteiger partial charge is 0.311 e. The summed E-state index contributed by atoms with van der Waals surface area (Å²) in [7, 11) is 3.18. The van der Waals surface area contributed by atoms with E-state index in [4.69, 9.17) is 44.8 Å². The van der Waals surface area contributed by atoms with E-state index in [0.717, 1.165) is 11.1 Å². The zero-order valence-corrected chi connectivity index (χ0v) is 22.4. The van der Waals surface area contributed by atoms with Gasteiger partial charge in [-0.2, -0.15) is 0 Å². The fraction of sp³-hybridized carbons (Fsp3) is 0.345. The highest BCUT2D eigenvalue weighted by atomic mass is 35.5. The number of hydrogen-bond acceptors (Lipinski definition) is 8. The van der Waals surface area contributed by atoms with Crippen molar-refractivity contribution in [2.75, 3.05) is 54.2 Å². The third-order valence-corrected chi connectivity index (χ3v) is 5.71. The second-order valence-corrected chi connectivity index (χ2v) is 8.49. The number of esters is 1. The molecule has 0 spiro atoms. The molecule has 0 radical (unpaired) electrons. The Kier molecular flexibility index (Phi) is 12.9. The topological polar surface area (TPSA) is 81.7 Å². The van der Waals surface area contributed by atoms with Crippen LogP contribution < -0.4 is 9.47 Å². The van der Waals surface area contributed by atoms with Crippen LogP contribution in [0.15, 0.2) is 72.8 Å². The van der Waals surface area contributed by atoms with Crippen LogP contribution in [0.25, 0.3) is 0 Å². The van der Waals surface area contributed by atoms with Crippen LogP contribution in [0.5, 0.6) is 11.5 Å². The van der Waals surface area contributed by atoms with E-state index in [-0.39, 0.29) is 20.0 Å². The van der Waals surface area contributed by atoms with E-state index < -0.39 is 12.1 Å². The van der Waals surface area contributed by atoms with Gasteiger partial charge in [-0.25, -0.2) is 0 Å². The molecule has 8 nitrogen and oxygen atoms in total. The summed E-state index contributed by atoms with van der Waals surface area (Å²) >= 11 is 6.53. The average molecular weight is 545 g/mol. The summed E-state index contributed by atoms with van der Waals surface area (Å²) < 4.78 is 38.1. The number of ether oxygens (including phenoxy) is 7. The number of benzene rings is 3. The third kappa shape index (κ3) is 9.63. The van der Waals surface area contributed by atoms with Gasteiger partial charge in [-0.1, -0.05) is 72.3 Å². The molecule has 0 saturated carbocycles. The lowest BCUT2D eigenvalue weighted by Crippen LogP contribution is -2.15. The van der Waals surface area contributed by atoms with Gasteiger partial charge in [-0.15, -0.1) is 0 Å². The summed E-state index contributed by atoms with van der Waals surface area (Å²) in [5.41, 5.74) is 2.26. The molecule has 0 aromatic heterocycles. The molecule has 9 heteroatoms. The Morgan fingerprint density at radius 2 is 1.24 bits per heavy atom. The Labute approximate surface area is 228 Å². The Bertz CT molecular complexity index is 1050. The predicted octanol–water partition coefficient (Wildman–Crippen LogP) is 5.21. The molecule has 3 rings (SSSR count). The fourth-order valence-electron chi connectivity index (χ4n) is 3.46. The van der Waals surface area contributed by atoms with Gasteiger partial charge < -0.3 is 33.2 Å². The second kappa shape index (κ2) is 16.7. The van der Waals surface area contributed by atoms with E-state index in [1.165, 1.54) is 0 Å². The van der Waals surface area contributed by atoms with Crippen molar-refractivity contribution < 1.29 is 38.0 Å². The standard InChI is InChI=1S/C29H33ClO8/c1-32-13-15-34-20-36-26-17-24(25(30)19-27(26)37-21-35-16-14-33-2)18-28(31)38-29(22-9-5-3-6-10-22)23-11-7-4-8-12-23/h3-12,17,19,29H,13-16,18,20-21H2,1-2H3. The average Bonchev–Trinajstić information content (AvgIpc) is 2.94. The molecule has 0 atom stereocenters. The zero-order valence-electron chi connectivity index (χ0n) is 21.6. The molecular weight excluding hydrogens is 512 g/mol. The first-order chi connectivity index (χ1) is 18.6. The second-order valence-electron chi connectivity index (χ2n) is 8.08. The maximum Gasteiger partial charge on any atom is 0.311 e. The van der Waals surface area contributed by atoms with Crippen LogP contribution in [-0.4, -0.2) is 60.2 Å². The Morgan fingerprint density at radius 1 is 0.737 bits per heavy atom. The third-order valence-electron chi connectivity index (χ3n) is 5.36. The maximum absolute atomic E-state index is 13.1. The van der Waals surface area contributed by atoms with E-state index in [9.17, 15) is 4.79 Å². The van der Waals surface area contributed by atoms with Crippen LogP contribution >= 0.6 is 11.6 Å². The monoisotopic (exact) mass is 544 g/mol. The van der Waals surface area contributed by atoms with Crippen LogP contribution in [0.1, 0.15) is 22.8 Å². The van der Waals surface area contributed by atoms with Crippen LogP contribution in [-0.2, 0) is 34.9 Å². The van der Waals surface area contributed by atoms with Gasteiger partial charge in [-0.05, 0) is 22.8 Å². The van der Waals surface area contributed by atoms with Crippen LogP contribution in [0.4, 0.5) is 0 Å². The fourth-order valence-corrected chi connectivity index (χ4v) is 3.68. The van der Waals surface area contributed by atoms with E-state index >= 15 is 0 Å². The molecule has 0 aliphatic rings. The largest absolute Gasteiger partial charge is 0.464 e. The summed E-state index contributed by atoms with van der Waals surface area (Å²) in [6.45, 7) is 1.53. The molecular formula is C29H33ClO8. The minimum absolute atomic E-state index is 0.0300. The van der Waals surface area contributed by atoms with E-state index in [1.54, 1.807) is 26.4 Å². The van der Waals surface area contributed by atoms with Gasteiger partial charge in [0.15, 0.2) is 31.2 Å². The van der Waals surface area contributed by atoms with E-state index in [1.807, 2.05) is 60.7 Å². The first-order valence-electron chi connectivity index (χ1n) is 12.1. The van der Waals surface area contributed by atoms with Gasteiger partial charge in [-0.3, -0.25) is 4.79 Å². The molecule has 0 unspecified atom stereocenters. The van der Waals surface area contributed by atoms with Crippen LogP contribution in [0.2, 0.25) is 5.02 Å². The summed E-state index contributed by atoms with van der Waals surface area (Å²) in [5, 5.41) is 0.331. The highest BCUT2D eigenvalue weighted by Gasteiger charge is 2.21. The molecule has 0 saturated heterocycles. The quantitative estimate of drug-likeness (QED) is 0.130. The highest BCUT2D eigenvalue weighted by molar-refractivity contribution is 6.31. The van der Waals surface area contributed by atoms with Crippen molar-refractivity contribution in [1.82, 2.24) is 0 Å². The van der Waals surface area contributed by atoms with Crippen molar-refractivity contribution in [1.29, 1.82) is 0 Å². The maximum atomic E-state index is 13.1. The molecule has 204 valence electrons. The summed E-state index contributed by atoms with van der Waals surface area (Å²) in [4.78, 5) is 13.1. The summed E-state index contributed by atoms with van der Waals surface area (Å²) in [5.74, 6) is 0.266. The molecule has 38 heavy (non-hydrogen) atoms. The van der Waals surface area contributed by atoms with Gasteiger partial charge in [0.2, 0.25) is 0 Å². The first kappa shape index (κ1) is 29.4. The zero-order chi connectivity index (χ0) is 27.0. The Hall–Kier alpha value is -3.14. The molecule has 3 aromatic rings. The molecule has 0 fully saturated rings. The van der Waals surface area contributed by atoms with Crippen molar-refractivity contribution in [2.24, 2.45) is 0 Å². The SMILES string of the molecule is COCCOCOc1cc(Cl)c(CC(=O)OC(c2ccccc2)c2ccccc2)cc1OCOCCOC. The van der Waals surface area contributed by atoms with Crippen LogP contribution in [0.3, 0.4) is 0 Å². The number of halogens is 1. The molecule has 3 aromatic carbocycles. The molecule has 0 aliphatic heterocycles. The van der Waals surface area contributed by atoms with Gasteiger partial charge in [0.1, 0.15) is 0 Å². The number of rotatable bonds is 17. The van der Waals surface area contributed by atoms with Gasteiger partial charge >= 0.3 is 5.97 Å². The number of carbonyl (C=O) groups excluding carboxylic acids is 1. The van der Waals surface area contributed by atoms with Gasteiger partial charge in [0.25, 0.3) is 0 Å². The number of methoxy groups -OCH3 is 2. The molecule has 0 aliphatic carbocycles. The van der Waals surface area contributed by atoms with Crippen molar-refractivity contribution in [3.05, 3.63) is 94.5 Å². The number of carbonyl (C=O) groups is 1. The molecule has 0 heterocycles. The van der Waals surface area contributed by atoms with Crippen molar-refractivity contribution >= 4 is 17.6 Å². The summed E-state index contributed by atoms with van der Waals surface area (Å²) in [6, 6.07) is 22.4. The van der Waals surface area contributed by atoms with Crippen LogP contribution in [0, 0.1) is 0 Å². The lowest BCUT2D eigenvalue weighted by Gasteiger charge is -2.20. The first-order valence-corrected chi connectivity index (χ1v) is 12.5. The Morgan fingerprint density at radius 3 is 1.74 bits per heavy atom. The van der Waals surface area contributed by atoms with Gasteiger partial charge in [0, 0.05) is 25.3 Å². The van der Waals surface area contributed by atoms with E-state index in [0.29, 0.717) is 48.5 Å². The highest BCUT2D eigenvalue weighted by Crippen LogP contribution is 2.35. The lowest BCUT2D eigenvalue weighted by molar-refractivity contribution is -0.146. The Balaban J connectivity index is 1.74. The summed E-state index contributed by atoms with van der Waals surface area (Å²) in [6.07, 6.45) is -0.624. The normalized spacial score (nSPS) is 10.9. The molecule has 0 amide bonds. The minimum atomic E-state index is -0.555.